The van der Waals surface area contributed by atoms with Crippen molar-refractivity contribution in [2.24, 2.45) is 5.10 Å². The van der Waals surface area contributed by atoms with E-state index in [1.54, 1.807) is 7.11 Å². The van der Waals surface area contributed by atoms with Gasteiger partial charge in [-0.2, -0.15) is 5.10 Å². The number of methoxy groups -OCH3 is 1. The molecule has 2 atom stereocenters. The normalized spacial score (nSPS) is 19.8. The molecule has 0 saturated heterocycles. The Labute approximate surface area is 182 Å². The molecule has 6 heteroatoms. The molecule has 0 unspecified atom stereocenters. The monoisotopic (exact) mass is 468 g/mol. The van der Waals surface area contributed by atoms with Crippen LogP contribution in [0.15, 0.2) is 76.3 Å². The number of benzene rings is 3. The molecule has 4 nitrogen and oxygen atoms in total. The molecule has 0 N–H and O–H groups in total. The molecule has 0 radical (unpaired) electrons. The Balaban J connectivity index is 1.58. The highest BCUT2D eigenvalue weighted by molar-refractivity contribution is 9.10. The van der Waals surface area contributed by atoms with Gasteiger partial charge in [0.2, 0.25) is 6.23 Å². The molecule has 146 valence electrons. The Morgan fingerprint density at radius 1 is 1.07 bits per heavy atom. The van der Waals surface area contributed by atoms with Gasteiger partial charge < -0.3 is 9.47 Å². The molecule has 0 aliphatic carbocycles. The smallest absolute Gasteiger partial charge is 0.213 e. The van der Waals surface area contributed by atoms with Crippen LogP contribution in [0.3, 0.4) is 0 Å². The first-order valence-electron chi connectivity index (χ1n) is 9.34. The highest BCUT2D eigenvalue weighted by atomic mass is 79.9. The quantitative estimate of drug-likeness (QED) is 0.448. The fourth-order valence-electron chi connectivity index (χ4n) is 3.86. The maximum absolute atomic E-state index is 6.38. The van der Waals surface area contributed by atoms with Gasteiger partial charge in [0, 0.05) is 27.0 Å². The molecule has 3 aromatic carbocycles. The molecule has 2 heterocycles. The fourth-order valence-corrected chi connectivity index (χ4v) is 4.31. The van der Waals surface area contributed by atoms with Crippen LogP contribution in [0.2, 0.25) is 5.02 Å². The average molecular weight is 470 g/mol. The average Bonchev–Trinajstić information content (AvgIpc) is 3.20. The van der Waals surface area contributed by atoms with Gasteiger partial charge in [0.25, 0.3) is 0 Å². The van der Waals surface area contributed by atoms with E-state index in [4.69, 9.17) is 26.2 Å². The predicted molar refractivity (Wildman–Crippen MR) is 118 cm³/mol. The van der Waals surface area contributed by atoms with Gasteiger partial charge in [-0.05, 0) is 60.2 Å². The molecule has 0 spiro atoms. The molecular weight excluding hydrogens is 452 g/mol. The van der Waals surface area contributed by atoms with Crippen molar-refractivity contribution in [1.29, 1.82) is 0 Å². The zero-order chi connectivity index (χ0) is 20.0. The van der Waals surface area contributed by atoms with Gasteiger partial charge in [-0.15, -0.1) is 0 Å². The molecule has 2 aliphatic heterocycles. The maximum atomic E-state index is 6.38. The van der Waals surface area contributed by atoms with Crippen molar-refractivity contribution in [2.75, 3.05) is 7.11 Å². The Kier molecular flexibility index (Phi) is 4.72. The van der Waals surface area contributed by atoms with Crippen LogP contribution in [-0.4, -0.2) is 17.8 Å². The van der Waals surface area contributed by atoms with Crippen molar-refractivity contribution < 1.29 is 9.47 Å². The summed E-state index contributed by atoms with van der Waals surface area (Å²) in [6, 6.07) is 22.1. The molecular formula is C23H18BrClN2O2. The van der Waals surface area contributed by atoms with E-state index in [9.17, 15) is 0 Å². The van der Waals surface area contributed by atoms with Crippen molar-refractivity contribution >= 4 is 33.2 Å². The number of hydrogen-bond donors (Lipinski definition) is 0. The van der Waals surface area contributed by atoms with Crippen molar-refractivity contribution in [1.82, 2.24) is 5.01 Å². The second-order valence-electron chi connectivity index (χ2n) is 7.08. The van der Waals surface area contributed by atoms with Crippen molar-refractivity contribution in [3.63, 3.8) is 0 Å². The van der Waals surface area contributed by atoms with E-state index in [1.165, 1.54) is 0 Å². The topological polar surface area (TPSA) is 34.1 Å². The molecule has 5 rings (SSSR count). The van der Waals surface area contributed by atoms with E-state index in [2.05, 4.69) is 33.1 Å². The van der Waals surface area contributed by atoms with E-state index >= 15 is 0 Å². The van der Waals surface area contributed by atoms with Gasteiger partial charge in [-0.25, -0.2) is 5.01 Å². The Hall–Kier alpha value is -2.50. The predicted octanol–water partition coefficient (Wildman–Crippen LogP) is 6.35. The van der Waals surface area contributed by atoms with Crippen LogP contribution in [0.4, 0.5) is 0 Å². The van der Waals surface area contributed by atoms with E-state index in [0.29, 0.717) is 5.02 Å². The third-order valence-corrected chi connectivity index (χ3v) is 6.09. The van der Waals surface area contributed by atoms with E-state index < -0.39 is 0 Å². The van der Waals surface area contributed by atoms with Crippen LogP contribution in [0.1, 0.15) is 35.4 Å². The van der Waals surface area contributed by atoms with Crippen LogP contribution in [0.25, 0.3) is 0 Å². The van der Waals surface area contributed by atoms with Gasteiger partial charge in [-0.3, -0.25) is 0 Å². The number of hydrogen-bond acceptors (Lipinski definition) is 4. The largest absolute Gasteiger partial charge is 0.497 e. The standard InChI is InChI=1S/C23H18BrClN2O2/c1-28-18-9-4-15(5-10-18)23-27-21(19-12-17(25)8-11-22(19)29-23)13-20(26-27)14-2-6-16(24)7-3-14/h2-12,21,23H,13H2,1H3/t21-,23+/m1/s1. The SMILES string of the molecule is COc1ccc([C@@H]2Oc3ccc(Cl)cc3[C@H]3CC(c4ccc(Br)cc4)=NN32)cc1. The van der Waals surface area contributed by atoms with Crippen molar-refractivity contribution in [3.05, 3.63) is 92.9 Å². The molecule has 3 aromatic rings. The number of nitrogens with zero attached hydrogens (tertiary/aromatic N) is 2. The van der Waals surface area contributed by atoms with Gasteiger partial charge in [-0.1, -0.05) is 39.7 Å². The molecule has 0 bridgehead atoms. The Bertz CT molecular complexity index is 1080. The number of hydrazone groups is 1. The first kappa shape index (κ1) is 18.5. The van der Waals surface area contributed by atoms with Gasteiger partial charge >= 0.3 is 0 Å². The van der Waals surface area contributed by atoms with Crippen LogP contribution in [0.5, 0.6) is 11.5 Å². The second kappa shape index (κ2) is 7.39. The van der Waals surface area contributed by atoms with Gasteiger partial charge in [0.1, 0.15) is 11.5 Å². The number of ether oxygens (including phenoxy) is 2. The van der Waals surface area contributed by atoms with Gasteiger partial charge in [0.15, 0.2) is 0 Å². The highest BCUT2D eigenvalue weighted by Gasteiger charge is 2.41. The molecule has 0 saturated carbocycles. The fraction of sp³-hybridized carbons (Fsp3) is 0.174. The second-order valence-corrected chi connectivity index (χ2v) is 8.43. The number of fused-ring (bicyclic) bond motifs is 3. The van der Waals surface area contributed by atoms with Crippen LogP contribution in [0, 0.1) is 0 Å². The molecule has 29 heavy (non-hydrogen) atoms. The third-order valence-electron chi connectivity index (χ3n) is 5.33. The van der Waals surface area contributed by atoms with Crippen LogP contribution in [-0.2, 0) is 0 Å². The van der Waals surface area contributed by atoms with E-state index in [-0.39, 0.29) is 12.3 Å². The molecule has 0 amide bonds. The molecule has 0 aromatic heterocycles. The highest BCUT2D eigenvalue weighted by Crippen LogP contribution is 2.48. The summed E-state index contributed by atoms with van der Waals surface area (Å²) in [6.07, 6.45) is 0.484. The summed E-state index contributed by atoms with van der Waals surface area (Å²) in [7, 11) is 1.66. The third kappa shape index (κ3) is 3.38. The Morgan fingerprint density at radius 2 is 1.83 bits per heavy atom. The first-order valence-corrected chi connectivity index (χ1v) is 10.5. The van der Waals surface area contributed by atoms with Crippen molar-refractivity contribution in [2.45, 2.75) is 18.7 Å². The maximum Gasteiger partial charge on any atom is 0.213 e. The van der Waals surface area contributed by atoms with Crippen molar-refractivity contribution in [3.8, 4) is 11.5 Å². The van der Waals surface area contributed by atoms with Crippen LogP contribution < -0.4 is 9.47 Å². The van der Waals surface area contributed by atoms with Gasteiger partial charge in [0.05, 0.1) is 18.9 Å². The summed E-state index contributed by atoms with van der Waals surface area (Å²) in [5.41, 5.74) is 4.24. The van der Waals surface area contributed by atoms with Crippen LogP contribution >= 0.6 is 27.5 Å². The minimum Gasteiger partial charge on any atom is -0.497 e. The zero-order valence-electron chi connectivity index (χ0n) is 15.7. The summed E-state index contributed by atoms with van der Waals surface area (Å²) in [6.45, 7) is 0. The summed E-state index contributed by atoms with van der Waals surface area (Å²) in [4.78, 5) is 0. The summed E-state index contributed by atoms with van der Waals surface area (Å²) >= 11 is 9.80. The summed E-state index contributed by atoms with van der Waals surface area (Å²) in [5.74, 6) is 1.66. The Morgan fingerprint density at radius 3 is 2.55 bits per heavy atom. The zero-order valence-corrected chi connectivity index (χ0v) is 18.0. The lowest BCUT2D eigenvalue weighted by molar-refractivity contribution is -0.0190. The lowest BCUT2D eigenvalue weighted by atomic mass is 9.96. The van der Waals surface area contributed by atoms with E-state index in [0.717, 1.165) is 44.8 Å². The minimum atomic E-state index is -0.312. The molecule has 2 aliphatic rings. The lowest BCUT2D eigenvalue weighted by Gasteiger charge is -2.38. The lowest BCUT2D eigenvalue weighted by Crippen LogP contribution is -2.33. The number of rotatable bonds is 3. The minimum absolute atomic E-state index is 0.0724. The number of halogens is 2. The summed E-state index contributed by atoms with van der Waals surface area (Å²) in [5, 5.41) is 7.73. The summed E-state index contributed by atoms with van der Waals surface area (Å²) < 4.78 is 12.7. The molecule has 0 fully saturated rings. The van der Waals surface area contributed by atoms with E-state index in [1.807, 2.05) is 54.6 Å². The first-order chi connectivity index (χ1) is 14.1.